The van der Waals surface area contributed by atoms with Crippen molar-refractivity contribution in [3.05, 3.63) is 29.3 Å². The molecule has 0 amide bonds. The van der Waals surface area contributed by atoms with Gasteiger partial charge in [0.15, 0.2) is 35.1 Å². The summed E-state index contributed by atoms with van der Waals surface area (Å²) in [7, 11) is -4.44. The van der Waals surface area contributed by atoms with Crippen molar-refractivity contribution in [3.63, 3.8) is 0 Å². The Balaban J connectivity index is 1.17. The molecule has 0 aliphatic carbocycles. The summed E-state index contributed by atoms with van der Waals surface area (Å²) in [5, 5.41) is 11.3. The average Bonchev–Trinajstić information content (AvgIpc) is 3.77. The number of nitrogens with two attached hydrogens (primary N) is 3. The highest BCUT2D eigenvalue weighted by atomic mass is 32.7. The first-order valence-electron chi connectivity index (χ1n) is 13.6. The van der Waals surface area contributed by atoms with Crippen molar-refractivity contribution in [3.8, 4) is 0 Å². The van der Waals surface area contributed by atoms with Gasteiger partial charge in [-0.1, -0.05) is 12.2 Å². The molecule has 0 spiro atoms. The number of rotatable bonds is 4. The number of H-pyrrole nitrogens is 1. The summed E-state index contributed by atoms with van der Waals surface area (Å²) >= 11 is 4.58. The van der Waals surface area contributed by atoms with Gasteiger partial charge >= 0.3 is 8.60 Å². The summed E-state index contributed by atoms with van der Waals surface area (Å²) in [5.74, 6) is -0.299. The quantitative estimate of drug-likeness (QED) is 0.105. The summed E-state index contributed by atoms with van der Waals surface area (Å²) < 4.78 is 39.5. The molecule has 3 saturated heterocycles. The SMILES string of the molecule is NCCC1C2COP(O)OC3C(COP(S)OC1C(n1cnc4c(=O)[nH]c(N)nc41)O2)OC(n1cnc2c(N)ncnc21)C3O. The van der Waals surface area contributed by atoms with Crippen LogP contribution in [-0.2, 0) is 27.6 Å². The Kier molecular flexibility index (Phi) is 8.61. The van der Waals surface area contributed by atoms with Gasteiger partial charge in [-0.25, -0.2) is 19.9 Å². The largest absolute Gasteiger partial charge is 0.386 e. The summed E-state index contributed by atoms with van der Waals surface area (Å²) in [4.78, 5) is 46.5. The van der Waals surface area contributed by atoms with E-state index in [4.69, 9.17) is 44.8 Å². The fourth-order valence-electron chi connectivity index (χ4n) is 5.78. The van der Waals surface area contributed by atoms with Gasteiger partial charge in [-0.3, -0.25) is 18.9 Å². The number of aromatic amines is 1. The number of nitrogen functional groups attached to an aromatic ring is 2. The number of thiol groups is 1. The molecule has 9 N–H and O–H groups in total. The van der Waals surface area contributed by atoms with Crippen LogP contribution in [0.25, 0.3) is 22.3 Å². The summed E-state index contributed by atoms with van der Waals surface area (Å²) in [5.41, 5.74) is 18.1. The summed E-state index contributed by atoms with van der Waals surface area (Å²) in [6, 6.07) is 0. The molecule has 0 aromatic carbocycles. The molecule has 4 aromatic heterocycles. The lowest BCUT2D eigenvalue weighted by atomic mass is 9.94. The lowest BCUT2D eigenvalue weighted by Crippen LogP contribution is -2.35. The van der Waals surface area contributed by atoms with E-state index in [2.05, 4.69) is 42.2 Å². The van der Waals surface area contributed by atoms with Crippen LogP contribution in [0.3, 0.4) is 0 Å². The maximum atomic E-state index is 12.4. The van der Waals surface area contributed by atoms with E-state index in [0.717, 1.165) is 0 Å². The second-order valence-corrected chi connectivity index (χ2v) is 13.3. The van der Waals surface area contributed by atoms with Crippen molar-refractivity contribution in [2.24, 2.45) is 11.7 Å². The second-order valence-electron chi connectivity index (χ2n) is 10.4. The molecule has 3 aliphatic rings. The van der Waals surface area contributed by atoms with Crippen molar-refractivity contribution in [1.29, 1.82) is 0 Å². The lowest BCUT2D eigenvalue weighted by Gasteiger charge is -2.27. The zero-order chi connectivity index (χ0) is 31.4. The molecule has 10 atom stereocenters. The van der Waals surface area contributed by atoms with Crippen LogP contribution in [0.1, 0.15) is 18.9 Å². The molecular formula is C22H29N11O9P2S. The maximum absolute atomic E-state index is 12.4. The van der Waals surface area contributed by atoms with E-state index in [0.29, 0.717) is 17.6 Å². The standard InChI is InChI=1S/C22H29N11O9P2S/c23-2-1-8-9-3-37-43(36)41-15-10(40-20(13(15)34)32-6-28-11-16(24)26-5-27-17(11)32)4-38-44(45)42-14(8)21(39-9)33-7-29-12-18(33)30-22(25)31-19(12)35/h5-10,13-15,20-21,34,36,45H,1-4,23H2,(H2,24,26,27)(H3,25,30,31,35). The molecule has 242 valence electrons. The van der Waals surface area contributed by atoms with Crippen molar-refractivity contribution in [2.75, 3.05) is 31.2 Å². The number of nitrogens with one attached hydrogen (secondary N) is 1. The third kappa shape index (κ3) is 5.66. The van der Waals surface area contributed by atoms with Crippen LogP contribution in [0.4, 0.5) is 11.8 Å². The van der Waals surface area contributed by atoms with Crippen LogP contribution < -0.4 is 22.8 Å². The molecule has 3 fully saturated rings. The fourth-order valence-corrected chi connectivity index (χ4v) is 7.92. The van der Waals surface area contributed by atoms with Gasteiger partial charge < -0.3 is 54.8 Å². The lowest BCUT2D eigenvalue weighted by molar-refractivity contribution is -0.0556. The number of nitrogens with zero attached hydrogens (tertiary/aromatic N) is 7. The van der Waals surface area contributed by atoms with Crippen LogP contribution in [0.5, 0.6) is 0 Å². The number of hydrogen-bond donors (Lipinski definition) is 7. The highest BCUT2D eigenvalue weighted by Gasteiger charge is 2.51. The molecule has 20 nitrogen and oxygen atoms in total. The first-order valence-corrected chi connectivity index (χ1v) is 17.1. The Morgan fingerprint density at radius 1 is 0.978 bits per heavy atom. The molecule has 4 aromatic rings. The third-order valence-electron chi connectivity index (χ3n) is 7.81. The average molecular weight is 686 g/mol. The molecule has 0 saturated carbocycles. The van der Waals surface area contributed by atoms with Gasteiger partial charge in [0.1, 0.15) is 36.3 Å². The first kappa shape index (κ1) is 31.0. The monoisotopic (exact) mass is 685 g/mol. The van der Waals surface area contributed by atoms with Crippen LogP contribution >= 0.6 is 28.4 Å². The zero-order valence-electron chi connectivity index (χ0n) is 23.1. The first-order chi connectivity index (χ1) is 21.7. The van der Waals surface area contributed by atoms with Gasteiger partial charge in [-0.2, -0.15) is 4.98 Å². The number of aliphatic hydroxyl groups is 1. The van der Waals surface area contributed by atoms with Crippen LogP contribution in [0.2, 0.25) is 0 Å². The topological polar surface area (TPSA) is 281 Å². The zero-order valence-corrected chi connectivity index (χ0v) is 25.8. The van der Waals surface area contributed by atoms with E-state index in [9.17, 15) is 14.8 Å². The number of aliphatic hydroxyl groups excluding tert-OH is 1. The smallest absolute Gasteiger partial charge is 0.330 e. The third-order valence-corrected chi connectivity index (χ3v) is 10.0. The number of hydrogen-bond acceptors (Lipinski definition) is 18. The molecule has 7 heterocycles. The van der Waals surface area contributed by atoms with Gasteiger partial charge in [-0.15, -0.1) is 0 Å². The number of ether oxygens (including phenoxy) is 2. The summed E-state index contributed by atoms with van der Waals surface area (Å²) in [6.07, 6.45) is -2.03. The minimum atomic E-state index is -2.54. The van der Waals surface area contributed by atoms with E-state index in [-0.39, 0.29) is 48.6 Å². The number of fused-ring (bicyclic) bond motifs is 5. The fraction of sp³-hybridized carbons (Fsp3) is 0.545. The van der Waals surface area contributed by atoms with E-state index < -0.39 is 64.7 Å². The molecular weight excluding hydrogens is 656 g/mol. The molecule has 3 aliphatic heterocycles. The second kappa shape index (κ2) is 12.5. The normalized spacial score (nSPS) is 34.4. The predicted molar refractivity (Wildman–Crippen MR) is 160 cm³/mol. The minimum absolute atomic E-state index is 0.0602. The Labute approximate surface area is 260 Å². The van der Waals surface area contributed by atoms with E-state index >= 15 is 0 Å². The molecule has 23 heteroatoms. The van der Waals surface area contributed by atoms with Crippen molar-refractivity contribution < 1.29 is 37.6 Å². The number of anilines is 2. The van der Waals surface area contributed by atoms with Crippen molar-refractivity contribution >= 4 is 62.5 Å². The maximum Gasteiger partial charge on any atom is 0.330 e. The van der Waals surface area contributed by atoms with Crippen molar-refractivity contribution in [2.45, 2.75) is 49.4 Å². The van der Waals surface area contributed by atoms with Crippen LogP contribution in [-0.4, -0.2) is 99.3 Å². The molecule has 45 heavy (non-hydrogen) atoms. The van der Waals surface area contributed by atoms with Gasteiger partial charge in [-0.05, 0) is 13.0 Å². The highest BCUT2D eigenvalue weighted by Crippen LogP contribution is 2.53. The minimum Gasteiger partial charge on any atom is -0.386 e. The van der Waals surface area contributed by atoms with Gasteiger partial charge in [0, 0.05) is 5.92 Å². The van der Waals surface area contributed by atoms with Crippen LogP contribution in [0, 0.1) is 5.92 Å². The van der Waals surface area contributed by atoms with E-state index in [1.807, 2.05) is 0 Å². The predicted octanol–water partition coefficient (Wildman–Crippen LogP) is -0.562. The Morgan fingerprint density at radius 3 is 2.51 bits per heavy atom. The Bertz CT molecular complexity index is 1750. The Morgan fingerprint density at radius 2 is 1.71 bits per heavy atom. The van der Waals surface area contributed by atoms with Gasteiger partial charge in [0.25, 0.3) is 5.56 Å². The van der Waals surface area contributed by atoms with Gasteiger partial charge in [0.05, 0.1) is 32.0 Å². The number of imidazole rings is 2. The van der Waals surface area contributed by atoms with Crippen molar-refractivity contribution in [1.82, 2.24) is 39.0 Å². The molecule has 0 radical (unpaired) electrons. The Hall–Kier alpha value is -2.65. The molecule has 2 bridgehead atoms. The van der Waals surface area contributed by atoms with Gasteiger partial charge in [0.2, 0.25) is 13.5 Å². The van der Waals surface area contributed by atoms with E-state index in [1.165, 1.54) is 23.5 Å². The molecule has 10 unspecified atom stereocenters. The summed E-state index contributed by atoms with van der Waals surface area (Å²) in [6.45, 7) is 0.00993. The highest BCUT2D eigenvalue weighted by molar-refractivity contribution is 8.41. The number of aromatic nitrogens is 8. The van der Waals surface area contributed by atoms with E-state index in [1.54, 1.807) is 4.57 Å². The molecule has 7 rings (SSSR count). The van der Waals surface area contributed by atoms with Crippen LogP contribution in [0.15, 0.2) is 23.8 Å².